The summed E-state index contributed by atoms with van der Waals surface area (Å²) < 4.78 is 59.3. The van der Waals surface area contributed by atoms with Gasteiger partial charge in [-0.15, -0.1) is 0 Å². The Hall–Kier alpha value is -1.61. The number of carboxylic acid groups (broad SMARTS) is 1. The van der Waals surface area contributed by atoms with Gasteiger partial charge >= 0.3 is 21.5 Å². The molecule has 19 heavy (non-hydrogen) atoms. The molecule has 0 saturated heterocycles. The number of rotatable bonds is 5. The van der Waals surface area contributed by atoms with Gasteiger partial charge in [0, 0.05) is 0 Å². The van der Waals surface area contributed by atoms with Gasteiger partial charge in [0.15, 0.2) is 0 Å². The van der Waals surface area contributed by atoms with Crippen molar-refractivity contribution in [3.63, 3.8) is 0 Å². The van der Waals surface area contributed by atoms with Gasteiger partial charge in [-0.25, -0.2) is 8.42 Å². The minimum Gasteiger partial charge on any atom is -0.480 e. The highest BCUT2D eigenvalue weighted by Crippen LogP contribution is 2.22. The van der Waals surface area contributed by atoms with E-state index in [-0.39, 0.29) is 6.42 Å². The van der Waals surface area contributed by atoms with Gasteiger partial charge in [-0.1, -0.05) is 30.3 Å². The molecule has 0 aliphatic carbocycles. The van der Waals surface area contributed by atoms with Crippen molar-refractivity contribution in [3.8, 4) is 0 Å². The van der Waals surface area contributed by atoms with Crippen LogP contribution in [-0.4, -0.2) is 31.0 Å². The van der Waals surface area contributed by atoms with Gasteiger partial charge in [0.1, 0.15) is 6.04 Å². The van der Waals surface area contributed by atoms with Crippen LogP contribution in [0, 0.1) is 0 Å². The highest BCUT2D eigenvalue weighted by molar-refractivity contribution is 7.90. The topological polar surface area (TPSA) is 83.5 Å². The van der Waals surface area contributed by atoms with Gasteiger partial charge in [-0.05, 0) is 12.0 Å². The van der Waals surface area contributed by atoms with E-state index in [1.807, 2.05) is 0 Å². The maximum atomic E-state index is 12.2. The first-order valence-electron chi connectivity index (χ1n) is 4.99. The van der Waals surface area contributed by atoms with Crippen LogP contribution in [0.3, 0.4) is 0 Å². The van der Waals surface area contributed by atoms with Crippen molar-refractivity contribution in [2.45, 2.75) is 18.0 Å². The third-order valence-corrected chi connectivity index (χ3v) is 3.39. The molecule has 0 heterocycles. The van der Waals surface area contributed by atoms with Gasteiger partial charge in [-0.3, -0.25) is 4.79 Å². The molecule has 0 unspecified atom stereocenters. The number of carbonyl (C=O) groups is 1. The van der Waals surface area contributed by atoms with Gasteiger partial charge < -0.3 is 5.11 Å². The quantitative estimate of drug-likeness (QED) is 0.853. The normalized spacial score (nSPS) is 14.1. The average Bonchev–Trinajstić information content (AvgIpc) is 2.27. The molecule has 0 bridgehead atoms. The maximum Gasteiger partial charge on any atom is 0.511 e. The second kappa shape index (κ2) is 5.57. The Balaban J connectivity index is 2.90. The van der Waals surface area contributed by atoms with Crippen LogP contribution in [0.15, 0.2) is 30.3 Å². The molecular formula is C10H10F3NO4S. The van der Waals surface area contributed by atoms with Gasteiger partial charge in [0.2, 0.25) is 0 Å². The van der Waals surface area contributed by atoms with E-state index in [2.05, 4.69) is 0 Å². The molecule has 5 nitrogen and oxygen atoms in total. The molecule has 106 valence electrons. The Morgan fingerprint density at radius 3 is 2.21 bits per heavy atom. The van der Waals surface area contributed by atoms with Crippen molar-refractivity contribution in [3.05, 3.63) is 35.9 Å². The lowest BCUT2D eigenvalue weighted by Crippen LogP contribution is -2.47. The smallest absolute Gasteiger partial charge is 0.480 e. The van der Waals surface area contributed by atoms with Crippen molar-refractivity contribution in [1.82, 2.24) is 4.72 Å². The average molecular weight is 297 g/mol. The van der Waals surface area contributed by atoms with Crippen LogP contribution in [0.25, 0.3) is 0 Å². The lowest BCUT2D eigenvalue weighted by Gasteiger charge is -2.16. The Labute approximate surface area is 107 Å². The lowest BCUT2D eigenvalue weighted by molar-refractivity contribution is -0.139. The van der Waals surface area contributed by atoms with Crippen LogP contribution in [0.4, 0.5) is 13.2 Å². The summed E-state index contributed by atoms with van der Waals surface area (Å²) in [5.41, 5.74) is -5.14. The van der Waals surface area contributed by atoms with Gasteiger partial charge in [0.05, 0.1) is 0 Å². The number of benzene rings is 1. The predicted octanol–water partition coefficient (Wildman–Crippen LogP) is 1.12. The zero-order chi connectivity index (χ0) is 14.7. The number of halogens is 3. The summed E-state index contributed by atoms with van der Waals surface area (Å²) >= 11 is 0. The molecule has 0 fully saturated rings. The molecule has 0 saturated carbocycles. The SMILES string of the molecule is O=C(O)[C@H](Cc1ccccc1)NS(=O)(=O)C(F)(F)F. The van der Waals surface area contributed by atoms with E-state index in [1.165, 1.54) is 12.1 Å². The van der Waals surface area contributed by atoms with Crippen molar-refractivity contribution >= 4 is 16.0 Å². The van der Waals surface area contributed by atoms with E-state index in [0.717, 1.165) is 4.72 Å². The third kappa shape index (κ3) is 4.21. The number of sulfonamides is 1. The highest BCUT2D eigenvalue weighted by atomic mass is 32.2. The molecule has 0 radical (unpaired) electrons. The van der Waals surface area contributed by atoms with E-state index < -0.39 is 27.5 Å². The summed E-state index contributed by atoms with van der Waals surface area (Å²) in [5.74, 6) is -1.68. The Morgan fingerprint density at radius 1 is 1.26 bits per heavy atom. The lowest BCUT2D eigenvalue weighted by atomic mass is 10.1. The number of nitrogens with one attached hydrogen (secondary N) is 1. The first-order chi connectivity index (χ1) is 8.63. The summed E-state index contributed by atoms with van der Waals surface area (Å²) in [6.45, 7) is 0. The molecule has 1 atom stereocenters. The summed E-state index contributed by atoms with van der Waals surface area (Å²) in [5, 5.41) is 8.77. The van der Waals surface area contributed by atoms with E-state index in [9.17, 15) is 26.4 Å². The molecule has 1 aromatic rings. The Bertz CT molecular complexity index is 542. The molecule has 0 spiro atoms. The van der Waals surface area contributed by atoms with E-state index >= 15 is 0 Å². The Morgan fingerprint density at radius 2 is 1.79 bits per heavy atom. The molecule has 0 aromatic heterocycles. The predicted molar refractivity (Wildman–Crippen MR) is 59.7 cm³/mol. The monoisotopic (exact) mass is 297 g/mol. The number of carboxylic acids is 1. The molecule has 2 N–H and O–H groups in total. The standard InChI is InChI=1S/C10H10F3NO4S/c11-10(12,13)19(17,18)14-8(9(15)16)6-7-4-2-1-3-5-7/h1-5,8,14H,6H2,(H,15,16)/t8-/m0/s1. The maximum absolute atomic E-state index is 12.2. The van der Waals surface area contributed by atoms with Crippen LogP contribution in [0.2, 0.25) is 0 Å². The fourth-order valence-corrected chi connectivity index (χ4v) is 1.98. The zero-order valence-electron chi connectivity index (χ0n) is 9.39. The second-order valence-corrected chi connectivity index (χ2v) is 5.35. The first-order valence-corrected chi connectivity index (χ1v) is 6.47. The van der Waals surface area contributed by atoms with Crippen LogP contribution in [-0.2, 0) is 21.2 Å². The van der Waals surface area contributed by atoms with Crippen LogP contribution < -0.4 is 4.72 Å². The molecular weight excluding hydrogens is 287 g/mol. The molecule has 1 rings (SSSR count). The second-order valence-electron chi connectivity index (χ2n) is 3.65. The highest BCUT2D eigenvalue weighted by Gasteiger charge is 2.47. The molecule has 0 amide bonds. The summed E-state index contributed by atoms with van der Waals surface area (Å²) in [6.07, 6.45) is -0.383. The van der Waals surface area contributed by atoms with Gasteiger partial charge in [0.25, 0.3) is 0 Å². The van der Waals surface area contributed by atoms with E-state index in [0.29, 0.717) is 5.56 Å². The minimum absolute atomic E-state index is 0.383. The summed E-state index contributed by atoms with van der Waals surface area (Å²) in [7, 11) is -5.69. The van der Waals surface area contributed by atoms with Crippen LogP contribution in [0.5, 0.6) is 0 Å². The van der Waals surface area contributed by atoms with E-state index in [4.69, 9.17) is 5.11 Å². The minimum atomic E-state index is -5.69. The van der Waals surface area contributed by atoms with Crippen molar-refractivity contribution in [2.24, 2.45) is 0 Å². The van der Waals surface area contributed by atoms with Crippen molar-refractivity contribution < 1.29 is 31.5 Å². The number of aliphatic carboxylic acids is 1. The van der Waals surface area contributed by atoms with Crippen LogP contribution >= 0.6 is 0 Å². The largest absolute Gasteiger partial charge is 0.511 e. The summed E-state index contributed by atoms with van der Waals surface area (Å²) in [6, 6.07) is 5.85. The number of hydrogen-bond acceptors (Lipinski definition) is 3. The van der Waals surface area contributed by atoms with E-state index in [1.54, 1.807) is 18.2 Å². The molecule has 9 heteroatoms. The third-order valence-electron chi connectivity index (χ3n) is 2.18. The van der Waals surface area contributed by atoms with Gasteiger partial charge in [-0.2, -0.15) is 17.9 Å². The number of alkyl halides is 3. The number of hydrogen-bond donors (Lipinski definition) is 2. The summed E-state index contributed by atoms with van der Waals surface area (Å²) in [4.78, 5) is 10.8. The fourth-order valence-electron chi connectivity index (χ4n) is 1.28. The zero-order valence-corrected chi connectivity index (χ0v) is 10.2. The van der Waals surface area contributed by atoms with Crippen molar-refractivity contribution in [2.75, 3.05) is 0 Å². The molecule has 0 aliphatic rings. The first kappa shape index (κ1) is 15.4. The molecule has 0 aliphatic heterocycles. The molecule has 1 aromatic carbocycles. The Kier molecular flexibility index (Phi) is 4.53. The fraction of sp³-hybridized carbons (Fsp3) is 0.300. The van der Waals surface area contributed by atoms with Crippen molar-refractivity contribution in [1.29, 1.82) is 0 Å². The van der Waals surface area contributed by atoms with Crippen LogP contribution in [0.1, 0.15) is 5.56 Å².